The minimum atomic E-state index is -0.283. The van der Waals surface area contributed by atoms with E-state index in [1.54, 1.807) is 19.1 Å². The molecule has 4 aliphatic rings. The molecule has 1 heterocycles. The second-order valence-electron chi connectivity index (χ2n) is 7.10. The fourth-order valence-corrected chi connectivity index (χ4v) is 5.06. The van der Waals surface area contributed by atoms with Crippen LogP contribution in [0.5, 0.6) is 0 Å². The van der Waals surface area contributed by atoms with Crippen molar-refractivity contribution in [2.45, 2.75) is 11.8 Å². The van der Waals surface area contributed by atoms with Crippen molar-refractivity contribution >= 4 is 11.8 Å². The third kappa shape index (κ3) is 1.47. The number of hydrazine groups is 1. The molecular weight excluding hydrogens is 300 g/mol. The van der Waals surface area contributed by atoms with Gasteiger partial charge in [0, 0.05) is 25.9 Å². The van der Waals surface area contributed by atoms with E-state index in [4.69, 9.17) is 0 Å². The topological polar surface area (TPSA) is 40.6 Å². The second kappa shape index (κ2) is 4.54. The summed E-state index contributed by atoms with van der Waals surface area (Å²) in [7, 11) is 3.52. The standard InChI is InChI=1S/C20H18N2O2/c1-21(2)22-19(23)17-15-11-7-3-4-8-12(11)16(18(17)20(22)24)14-10-6-5-9-13(14)15/h3-10,15-18H,1-2H3. The van der Waals surface area contributed by atoms with Gasteiger partial charge >= 0.3 is 0 Å². The van der Waals surface area contributed by atoms with Gasteiger partial charge in [-0.15, -0.1) is 0 Å². The van der Waals surface area contributed by atoms with Crippen LogP contribution in [0.3, 0.4) is 0 Å². The highest BCUT2D eigenvalue weighted by atomic mass is 16.2. The lowest BCUT2D eigenvalue weighted by atomic mass is 9.55. The summed E-state index contributed by atoms with van der Waals surface area (Å²) in [5.41, 5.74) is 4.85. The Kier molecular flexibility index (Phi) is 2.64. The largest absolute Gasteiger partial charge is 0.273 e. The number of carbonyl (C=O) groups is 2. The van der Waals surface area contributed by atoms with E-state index in [-0.39, 0.29) is 35.5 Å². The van der Waals surface area contributed by atoms with Crippen LogP contribution in [0.2, 0.25) is 0 Å². The van der Waals surface area contributed by atoms with E-state index >= 15 is 0 Å². The van der Waals surface area contributed by atoms with Gasteiger partial charge in [0.2, 0.25) is 11.8 Å². The molecule has 2 atom stereocenters. The summed E-state index contributed by atoms with van der Waals surface area (Å²) in [6.45, 7) is 0. The molecule has 2 aromatic rings. The molecule has 0 N–H and O–H groups in total. The summed E-state index contributed by atoms with van der Waals surface area (Å²) in [5, 5.41) is 2.96. The summed E-state index contributed by atoms with van der Waals surface area (Å²) in [4.78, 5) is 26.1. The van der Waals surface area contributed by atoms with E-state index < -0.39 is 0 Å². The second-order valence-corrected chi connectivity index (χ2v) is 7.10. The summed E-state index contributed by atoms with van der Waals surface area (Å²) < 4.78 is 0. The lowest BCUT2D eigenvalue weighted by molar-refractivity contribution is -0.154. The Labute approximate surface area is 140 Å². The molecule has 2 unspecified atom stereocenters. The van der Waals surface area contributed by atoms with Gasteiger partial charge in [-0.2, -0.15) is 0 Å². The predicted octanol–water partition coefficient (Wildman–Crippen LogP) is 2.36. The molecule has 120 valence electrons. The molecule has 1 saturated heterocycles. The van der Waals surface area contributed by atoms with Crippen molar-refractivity contribution in [2.75, 3.05) is 14.1 Å². The number of amides is 2. The average Bonchev–Trinajstić information content (AvgIpc) is 2.86. The quantitative estimate of drug-likeness (QED) is 0.758. The summed E-state index contributed by atoms with van der Waals surface area (Å²) >= 11 is 0. The lowest BCUT2D eigenvalue weighted by Crippen LogP contribution is -2.42. The Bertz CT molecular complexity index is 773. The zero-order valence-corrected chi connectivity index (χ0v) is 13.6. The van der Waals surface area contributed by atoms with Crippen LogP contribution in [0.1, 0.15) is 34.1 Å². The van der Waals surface area contributed by atoms with E-state index in [2.05, 4.69) is 24.3 Å². The van der Waals surface area contributed by atoms with Crippen molar-refractivity contribution in [1.29, 1.82) is 0 Å². The normalized spacial score (nSPS) is 29.7. The number of hydrogen-bond donors (Lipinski definition) is 0. The third-order valence-corrected chi connectivity index (χ3v) is 5.83. The Morgan fingerprint density at radius 3 is 1.33 bits per heavy atom. The van der Waals surface area contributed by atoms with Gasteiger partial charge in [0.15, 0.2) is 0 Å². The molecule has 0 saturated carbocycles. The van der Waals surface area contributed by atoms with Crippen LogP contribution < -0.4 is 0 Å². The number of benzene rings is 2. The first-order valence-electron chi connectivity index (χ1n) is 8.34. The maximum atomic E-state index is 13.1. The highest BCUT2D eigenvalue weighted by molar-refractivity contribution is 6.07. The van der Waals surface area contributed by atoms with Crippen molar-refractivity contribution in [3.63, 3.8) is 0 Å². The highest BCUT2D eigenvalue weighted by Gasteiger charge is 2.62. The molecule has 6 rings (SSSR count). The fourth-order valence-electron chi connectivity index (χ4n) is 5.06. The molecule has 0 aromatic heterocycles. The summed E-state index contributed by atoms with van der Waals surface area (Å²) in [6, 6.07) is 16.6. The van der Waals surface area contributed by atoms with Crippen LogP contribution >= 0.6 is 0 Å². The molecule has 4 nitrogen and oxygen atoms in total. The van der Waals surface area contributed by atoms with Crippen LogP contribution in [-0.2, 0) is 9.59 Å². The predicted molar refractivity (Wildman–Crippen MR) is 89.1 cm³/mol. The SMILES string of the molecule is CN(C)N1C(=O)C2C3c4ccccc4C(c4ccccc43)C2C1=O. The van der Waals surface area contributed by atoms with Crippen molar-refractivity contribution in [2.24, 2.45) is 11.8 Å². The molecule has 3 aliphatic carbocycles. The van der Waals surface area contributed by atoms with Gasteiger partial charge in [0.1, 0.15) is 0 Å². The van der Waals surface area contributed by atoms with Crippen LogP contribution in [0, 0.1) is 11.8 Å². The van der Waals surface area contributed by atoms with Crippen LogP contribution in [0.15, 0.2) is 48.5 Å². The van der Waals surface area contributed by atoms with Crippen molar-refractivity contribution in [3.8, 4) is 0 Å². The first kappa shape index (κ1) is 13.9. The summed E-state index contributed by atoms with van der Waals surface area (Å²) in [5.74, 6) is -0.727. The Morgan fingerprint density at radius 1 is 0.708 bits per heavy atom. The number of carbonyl (C=O) groups excluding carboxylic acids is 2. The number of nitrogens with zero attached hydrogens (tertiary/aromatic N) is 2. The molecule has 2 bridgehead atoms. The molecule has 4 heteroatoms. The zero-order chi connectivity index (χ0) is 16.6. The van der Waals surface area contributed by atoms with E-state index in [0.29, 0.717) is 0 Å². The van der Waals surface area contributed by atoms with Gasteiger partial charge in [-0.1, -0.05) is 48.5 Å². The zero-order valence-electron chi connectivity index (χ0n) is 13.6. The highest BCUT2D eigenvalue weighted by Crippen LogP contribution is 2.60. The molecule has 1 fully saturated rings. The van der Waals surface area contributed by atoms with Gasteiger partial charge in [0.05, 0.1) is 11.8 Å². The Balaban J connectivity index is 1.80. The van der Waals surface area contributed by atoms with Gasteiger partial charge in [-0.3, -0.25) is 9.59 Å². The fraction of sp³-hybridized carbons (Fsp3) is 0.300. The van der Waals surface area contributed by atoms with Crippen LogP contribution in [-0.4, -0.2) is 35.9 Å². The number of rotatable bonds is 1. The Morgan fingerprint density at radius 2 is 1.04 bits per heavy atom. The van der Waals surface area contributed by atoms with Crippen LogP contribution in [0.4, 0.5) is 0 Å². The molecular formula is C20H18N2O2. The maximum Gasteiger partial charge on any atom is 0.248 e. The third-order valence-electron chi connectivity index (χ3n) is 5.83. The molecule has 0 spiro atoms. The lowest BCUT2D eigenvalue weighted by Gasteiger charge is -2.45. The van der Waals surface area contributed by atoms with Gasteiger partial charge in [-0.05, 0) is 22.3 Å². The minimum Gasteiger partial charge on any atom is -0.273 e. The smallest absolute Gasteiger partial charge is 0.248 e. The molecule has 2 aromatic carbocycles. The molecule has 2 amide bonds. The number of hydrogen-bond acceptors (Lipinski definition) is 3. The summed E-state index contributed by atoms with van der Waals surface area (Å²) in [6.07, 6.45) is 0. The maximum absolute atomic E-state index is 13.1. The minimum absolute atomic E-state index is 0.0196. The van der Waals surface area contributed by atoms with E-state index in [9.17, 15) is 9.59 Å². The van der Waals surface area contributed by atoms with Crippen LogP contribution in [0.25, 0.3) is 0 Å². The van der Waals surface area contributed by atoms with E-state index in [1.807, 2.05) is 24.3 Å². The van der Waals surface area contributed by atoms with Crippen molar-refractivity contribution < 1.29 is 9.59 Å². The van der Waals surface area contributed by atoms with Gasteiger partial charge in [0.25, 0.3) is 0 Å². The van der Waals surface area contributed by atoms with Crippen molar-refractivity contribution in [1.82, 2.24) is 10.0 Å². The Hall–Kier alpha value is -2.46. The monoisotopic (exact) mass is 318 g/mol. The first-order chi connectivity index (χ1) is 11.6. The average molecular weight is 318 g/mol. The number of imide groups is 1. The molecule has 24 heavy (non-hydrogen) atoms. The van der Waals surface area contributed by atoms with Crippen molar-refractivity contribution in [3.05, 3.63) is 70.8 Å². The molecule has 1 aliphatic heterocycles. The van der Waals surface area contributed by atoms with E-state index in [1.165, 1.54) is 27.3 Å². The van der Waals surface area contributed by atoms with E-state index in [0.717, 1.165) is 0 Å². The molecule has 0 radical (unpaired) electrons. The first-order valence-corrected chi connectivity index (χ1v) is 8.34. The van der Waals surface area contributed by atoms with Gasteiger partial charge in [-0.25, -0.2) is 10.0 Å². The van der Waals surface area contributed by atoms with Gasteiger partial charge < -0.3 is 0 Å².